The molecule has 1 N–H and O–H groups in total. The topological polar surface area (TPSA) is 57.6 Å². The van der Waals surface area contributed by atoms with Gasteiger partial charge in [0, 0.05) is 12.6 Å². The van der Waals surface area contributed by atoms with Gasteiger partial charge in [-0.25, -0.2) is 0 Å². The summed E-state index contributed by atoms with van der Waals surface area (Å²) in [5, 5.41) is 8.76. The molecule has 3 unspecified atom stereocenters. The fraction of sp³-hybridized carbons (Fsp3) is 0.833. The van der Waals surface area contributed by atoms with Crippen LogP contribution in [-0.4, -0.2) is 34.5 Å². The molecule has 1 aliphatic carbocycles. The van der Waals surface area contributed by atoms with E-state index in [2.05, 4.69) is 0 Å². The van der Waals surface area contributed by atoms with Crippen LogP contribution in [0, 0.1) is 11.8 Å². The number of carbonyl (C=O) groups excluding carboxylic acids is 2. The van der Waals surface area contributed by atoms with Gasteiger partial charge >= 0.3 is 0 Å². The van der Waals surface area contributed by atoms with Crippen molar-refractivity contribution in [2.24, 2.45) is 11.8 Å². The molecular weight excluding hydrogens is 206 g/mol. The SMILES string of the molecule is CC(CCCO)N1C(=O)C2CCCC2C1=O. The third-order valence-corrected chi connectivity index (χ3v) is 3.85. The quantitative estimate of drug-likeness (QED) is 0.724. The highest BCUT2D eigenvalue weighted by Gasteiger charge is 2.50. The van der Waals surface area contributed by atoms with E-state index in [1.54, 1.807) is 0 Å². The summed E-state index contributed by atoms with van der Waals surface area (Å²) in [7, 11) is 0. The average molecular weight is 225 g/mol. The molecule has 1 saturated carbocycles. The van der Waals surface area contributed by atoms with Crippen molar-refractivity contribution in [1.82, 2.24) is 4.90 Å². The van der Waals surface area contributed by atoms with E-state index >= 15 is 0 Å². The average Bonchev–Trinajstić information content (AvgIpc) is 2.81. The number of hydrogen-bond donors (Lipinski definition) is 1. The molecule has 0 radical (unpaired) electrons. The van der Waals surface area contributed by atoms with Crippen molar-refractivity contribution in [3.63, 3.8) is 0 Å². The lowest BCUT2D eigenvalue weighted by Crippen LogP contribution is -2.39. The second-order valence-electron chi connectivity index (χ2n) is 4.91. The maximum Gasteiger partial charge on any atom is 0.233 e. The molecule has 3 atom stereocenters. The van der Waals surface area contributed by atoms with Gasteiger partial charge in [0.1, 0.15) is 0 Å². The Balaban J connectivity index is 2.05. The number of fused-ring (bicyclic) bond motifs is 1. The van der Waals surface area contributed by atoms with Crippen LogP contribution in [0.5, 0.6) is 0 Å². The Morgan fingerprint density at radius 3 is 2.38 bits per heavy atom. The molecule has 4 nitrogen and oxygen atoms in total. The van der Waals surface area contributed by atoms with Crippen molar-refractivity contribution in [2.75, 3.05) is 6.61 Å². The van der Waals surface area contributed by atoms with E-state index in [0.29, 0.717) is 12.8 Å². The largest absolute Gasteiger partial charge is 0.396 e. The molecule has 1 aliphatic heterocycles. The molecule has 90 valence electrons. The van der Waals surface area contributed by atoms with Crippen molar-refractivity contribution in [3.8, 4) is 0 Å². The van der Waals surface area contributed by atoms with Crippen LogP contribution in [0.4, 0.5) is 0 Å². The highest BCUT2D eigenvalue weighted by atomic mass is 16.3. The summed E-state index contributed by atoms with van der Waals surface area (Å²) in [5.41, 5.74) is 0. The second kappa shape index (κ2) is 4.53. The first-order chi connectivity index (χ1) is 7.66. The molecule has 4 heteroatoms. The number of amides is 2. The van der Waals surface area contributed by atoms with Gasteiger partial charge in [-0.05, 0) is 32.6 Å². The summed E-state index contributed by atoms with van der Waals surface area (Å²) in [6, 6.07) is -0.0576. The van der Waals surface area contributed by atoms with Crippen molar-refractivity contribution < 1.29 is 14.7 Å². The van der Waals surface area contributed by atoms with Gasteiger partial charge in [0.15, 0.2) is 0 Å². The standard InChI is InChI=1S/C12H19NO3/c1-8(4-3-7-14)13-11(15)9-5-2-6-10(9)12(13)16/h8-10,14H,2-7H2,1H3. The molecule has 2 aliphatic rings. The first-order valence-corrected chi connectivity index (χ1v) is 6.14. The minimum Gasteiger partial charge on any atom is -0.396 e. The van der Waals surface area contributed by atoms with Gasteiger partial charge in [-0.2, -0.15) is 0 Å². The smallest absolute Gasteiger partial charge is 0.233 e. The van der Waals surface area contributed by atoms with Crippen LogP contribution in [0.3, 0.4) is 0 Å². The maximum atomic E-state index is 12.0. The van der Waals surface area contributed by atoms with Gasteiger partial charge < -0.3 is 5.11 Å². The predicted octanol–water partition coefficient (Wildman–Crippen LogP) is 0.933. The number of aliphatic hydroxyl groups is 1. The van der Waals surface area contributed by atoms with Crippen molar-refractivity contribution in [2.45, 2.75) is 45.1 Å². The molecule has 2 amide bonds. The zero-order valence-electron chi connectivity index (χ0n) is 9.69. The lowest BCUT2D eigenvalue weighted by atomic mass is 10.00. The van der Waals surface area contributed by atoms with Gasteiger partial charge in [0.2, 0.25) is 11.8 Å². The molecular formula is C12H19NO3. The molecule has 16 heavy (non-hydrogen) atoms. The van der Waals surface area contributed by atoms with E-state index in [-0.39, 0.29) is 36.3 Å². The van der Waals surface area contributed by atoms with Crippen LogP contribution in [0.2, 0.25) is 0 Å². The lowest BCUT2D eigenvalue weighted by Gasteiger charge is -2.23. The Labute approximate surface area is 95.6 Å². The minimum absolute atomic E-state index is 0.0259. The van der Waals surface area contributed by atoms with Gasteiger partial charge in [0.05, 0.1) is 11.8 Å². The number of rotatable bonds is 4. The number of hydrogen-bond acceptors (Lipinski definition) is 3. The molecule has 0 aromatic rings. The van der Waals surface area contributed by atoms with E-state index < -0.39 is 0 Å². The van der Waals surface area contributed by atoms with Crippen LogP contribution in [0.25, 0.3) is 0 Å². The molecule has 0 aromatic carbocycles. The van der Waals surface area contributed by atoms with Crippen molar-refractivity contribution >= 4 is 11.8 Å². The minimum atomic E-state index is -0.0576. The van der Waals surface area contributed by atoms with Gasteiger partial charge in [0.25, 0.3) is 0 Å². The summed E-state index contributed by atoms with van der Waals surface area (Å²) in [6.45, 7) is 2.01. The number of nitrogens with zero attached hydrogens (tertiary/aromatic N) is 1. The second-order valence-corrected chi connectivity index (χ2v) is 4.91. The molecule has 0 spiro atoms. The summed E-state index contributed by atoms with van der Waals surface area (Å²) in [6.07, 6.45) is 4.10. The van der Waals surface area contributed by atoms with Gasteiger partial charge in [-0.15, -0.1) is 0 Å². The van der Waals surface area contributed by atoms with Crippen LogP contribution >= 0.6 is 0 Å². The van der Waals surface area contributed by atoms with Gasteiger partial charge in [-0.3, -0.25) is 14.5 Å². The Kier molecular flexibility index (Phi) is 3.28. The van der Waals surface area contributed by atoms with E-state index in [9.17, 15) is 9.59 Å². The highest BCUT2D eigenvalue weighted by Crippen LogP contribution is 2.40. The fourth-order valence-electron chi connectivity index (χ4n) is 2.97. The third kappa shape index (κ3) is 1.75. The van der Waals surface area contributed by atoms with Crippen molar-refractivity contribution in [3.05, 3.63) is 0 Å². The third-order valence-electron chi connectivity index (χ3n) is 3.85. The summed E-state index contributed by atoms with van der Waals surface area (Å²) in [4.78, 5) is 25.5. The zero-order valence-corrected chi connectivity index (χ0v) is 9.69. The lowest BCUT2D eigenvalue weighted by molar-refractivity contribution is -0.142. The molecule has 0 aromatic heterocycles. The summed E-state index contributed by atoms with van der Waals surface area (Å²) >= 11 is 0. The summed E-state index contributed by atoms with van der Waals surface area (Å²) < 4.78 is 0. The van der Waals surface area contributed by atoms with E-state index in [4.69, 9.17) is 5.11 Å². The summed E-state index contributed by atoms with van der Waals surface area (Å²) in [5.74, 6) is -0.0240. The Bertz CT molecular complexity index is 281. The molecule has 1 saturated heterocycles. The predicted molar refractivity (Wildman–Crippen MR) is 58.5 cm³/mol. The van der Waals surface area contributed by atoms with E-state index in [1.165, 1.54) is 4.90 Å². The van der Waals surface area contributed by atoms with Crippen LogP contribution in [0.1, 0.15) is 39.0 Å². The van der Waals surface area contributed by atoms with Crippen LogP contribution in [-0.2, 0) is 9.59 Å². The Hall–Kier alpha value is -0.900. The van der Waals surface area contributed by atoms with Crippen LogP contribution < -0.4 is 0 Å². The van der Waals surface area contributed by atoms with Crippen LogP contribution in [0.15, 0.2) is 0 Å². The Morgan fingerprint density at radius 2 is 1.88 bits per heavy atom. The highest BCUT2D eigenvalue weighted by molar-refractivity contribution is 6.05. The number of imide groups is 1. The fourth-order valence-corrected chi connectivity index (χ4v) is 2.97. The maximum absolute atomic E-state index is 12.0. The molecule has 1 heterocycles. The Morgan fingerprint density at radius 1 is 1.31 bits per heavy atom. The first-order valence-electron chi connectivity index (χ1n) is 6.14. The molecule has 2 fully saturated rings. The molecule has 2 rings (SSSR count). The number of aliphatic hydroxyl groups excluding tert-OH is 1. The number of likely N-dealkylation sites (tertiary alicyclic amines) is 1. The van der Waals surface area contributed by atoms with E-state index in [1.807, 2.05) is 6.92 Å². The van der Waals surface area contributed by atoms with E-state index in [0.717, 1.165) is 19.3 Å². The van der Waals surface area contributed by atoms with Gasteiger partial charge in [-0.1, -0.05) is 6.42 Å². The molecule has 0 bridgehead atoms. The van der Waals surface area contributed by atoms with Crippen molar-refractivity contribution in [1.29, 1.82) is 0 Å². The monoisotopic (exact) mass is 225 g/mol. The number of carbonyl (C=O) groups is 2. The normalized spacial score (nSPS) is 31.0. The zero-order chi connectivity index (χ0) is 11.7. The first kappa shape index (κ1) is 11.6.